The van der Waals surface area contributed by atoms with Crippen LogP contribution in [-0.4, -0.2) is 19.5 Å². The molecule has 0 atom stereocenters. The molecule has 0 fully saturated rings. The number of aryl methyl sites for hydroxylation is 1. The summed E-state index contributed by atoms with van der Waals surface area (Å²) in [6.07, 6.45) is 0.180. The molecule has 0 aliphatic carbocycles. The lowest BCUT2D eigenvalue weighted by Crippen LogP contribution is -1.95. The molecular formula is C12H12O4S. The number of sulfone groups is 1. The van der Waals surface area contributed by atoms with Crippen molar-refractivity contribution in [3.8, 4) is 0 Å². The maximum atomic E-state index is 11.8. The summed E-state index contributed by atoms with van der Waals surface area (Å²) in [6.45, 7) is 1.88. The number of fused-ring (bicyclic) bond motifs is 1. The van der Waals surface area contributed by atoms with E-state index < -0.39 is 15.8 Å². The van der Waals surface area contributed by atoms with Gasteiger partial charge in [-0.15, -0.1) is 0 Å². The van der Waals surface area contributed by atoms with Gasteiger partial charge in [0.15, 0.2) is 0 Å². The van der Waals surface area contributed by atoms with E-state index in [1.165, 1.54) is 5.41 Å². The molecule has 17 heavy (non-hydrogen) atoms. The Labute approximate surface area is 99.5 Å². The van der Waals surface area contributed by atoms with Crippen molar-refractivity contribution in [3.05, 3.63) is 34.7 Å². The summed E-state index contributed by atoms with van der Waals surface area (Å²) in [7, 11) is -3.37. The Kier molecular flexibility index (Phi) is 2.79. The Morgan fingerprint density at radius 3 is 2.71 bits per heavy atom. The first-order valence-corrected chi connectivity index (χ1v) is 6.73. The summed E-state index contributed by atoms with van der Waals surface area (Å²) in [5, 5.41) is 9.81. The van der Waals surface area contributed by atoms with E-state index in [0.29, 0.717) is 11.1 Å². The van der Waals surface area contributed by atoms with Gasteiger partial charge in [-0.3, -0.25) is 4.79 Å². The number of carboxylic acids is 1. The molecule has 1 aliphatic heterocycles. The summed E-state index contributed by atoms with van der Waals surface area (Å²) in [6, 6.07) is 5.10. The Balaban J connectivity index is 2.44. The van der Waals surface area contributed by atoms with E-state index in [-0.39, 0.29) is 17.7 Å². The smallest absolute Gasteiger partial charge is 0.303 e. The quantitative estimate of drug-likeness (QED) is 0.893. The highest BCUT2D eigenvalue weighted by Crippen LogP contribution is 2.36. The normalized spacial score (nSPS) is 16.4. The molecule has 90 valence electrons. The first-order valence-electron chi connectivity index (χ1n) is 5.18. The first kappa shape index (κ1) is 11.9. The predicted molar refractivity (Wildman–Crippen MR) is 63.2 cm³/mol. The molecule has 1 aromatic rings. The second kappa shape index (κ2) is 4.00. The lowest BCUT2D eigenvalue weighted by Gasteiger charge is -2.04. The second-order valence-electron chi connectivity index (χ2n) is 4.08. The van der Waals surface area contributed by atoms with Gasteiger partial charge in [0.1, 0.15) is 0 Å². The van der Waals surface area contributed by atoms with Crippen LogP contribution < -0.4 is 0 Å². The highest BCUT2D eigenvalue weighted by atomic mass is 32.2. The number of hydrogen-bond donors (Lipinski definition) is 1. The van der Waals surface area contributed by atoms with Gasteiger partial charge in [-0.1, -0.05) is 17.7 Å². The van der Waals surface area contributed by atoms with Crippen molar-refractivity contribution in [2.45, 2.75) is 24.7 Å². The Morgan fingerprint density at radius 1 is 1.35 bits per heavy atom. The summed E-state index contributed by atoms with van der Waals surface area (Å²) < 4.78 is 23.6. The Morgan fingerprint density at radius 2 is 2.06 bits per heavy atom. The van der Waals surface area contributed by atoms with E-state index in [1.807, 2.05) is 6.92 Å². The Bertz CT molecular complexity index is 611. The number of hydrogen-bond acceptors (Lipinski definition) is 3. The minimum Gasteiger partial charge on any atom is -0.481 e. The van der Waals surface area contributed by atoms with E-state index in [2.05, 4.69) is 0 Å². The summed E-state index contributed by atoms with van der Waals surface area (Å²) >= 11 is 0. The van der Waals surface area contributed by atoms with E-state index in [4.69, 9.17) is 5.11 Å². The van der Waals surface area contributed by atoms with Crippen LogP contribution in [0.5, 0.6) is 0 Å². The highest BCUT2D eigenvalue weighted by molar-refractivity contribution is 7.95. The van der Waals surface area contributed by atoms with Gasteiger partial charge in [-0.25, -0.2) is 8.42 Å². The van der Waals surface area contributed by atoms with Gasteiger partial charge in [-0.05, 0) is 30.5 Å². The van der Waals surface area contributed by atoms with Gasteiger partial charge in [0.05, 0.1) is 4.90 Å². The topological polar surface area (TPSA) is 71.4 Å². The van der Waals surface area contributed by atoms with Crippen LogP contribution in [0, 0.1) is 6.92 Å². The molecule has 0 radical (unpaired) electrons. The summed E-state index contributed by atoms with van der Waals surface area (Å²) in [5.41, 5.74) is 2.19. The molecule has 0 saturated heterocycles. The average molecular weight is 252 g/mol. The molecular weight excluding hydrogens is 240 g/mol. The molecule has 0 amide bonds. The fraction of sp³-hybridized carbons (Fsp3) is 0.250. The maximum Gasteiger partial charge on any atom is 0.303 e. The number of allylic oxidation sites excluding steroid dienone is 1. The molecule has 0 unspecified atom stereocenters. The third-order valence-electron chi connectivity index (χ3n) is 2.69. The minimum absolute atomic E-state index is 0.0608. The molecule has 4 nitrogen and oxygen atoms in total. The van der Waals surface area contributed by atoms with Gasteiger partial charge < -0.3 is 5.11 Å². The molecule has 1 N–H and O–H groups in total. The van der Waals surface area contributed by atoms with E-state index in [0.717, 1.165) is 5.56 Å². The fourth-order valence-electron chi connectivity index (χ4n) is 1.89. The number of rotatable bonds is 3. The van der Waals surface area contributed by atoms with E-state index >= 15 is 0 Å². The van der Waals surface area contributed by atoms with Crippen LogP contribution in [0.15, 0.2) is 28.5 Å². The van der Waals surface area contributed by atoms with Crippen molar-refractivity contribution in [1.29, 1.82) is 0 Å². The van der Waals surface area contributed by atoms with Gasteiger partial charge in [-0.2, -0.15) is 0 Å². The maximum absolute atomic E-state index is 11.8. The zero-order chi connectivity index (χ0) is 12.6. The standard InChI is InChI=1S/C12H12O4S/c1-8-2-4-11-10(6-8)9(3-5-12(13)14)7-17(11,15)16/h2,4,6-7H,3,5H2,1H3,(H,13,14). The van der Waals surface area contributed by atoms with Crippen molar-refractivity contribution in [2.24, 2.45) is 0 Å². The third-order valence-corrected chi connectivity index (χ3v) is 4.26. The molecule has 0 bridgehead atoms. The van der Waals surface area contributed by atoms with Crippen molar-refractivity contribution in [3.63, 3.8) is 0 Å². The number of benzene rings is 1. The number of carbonyl (C=O) groups is 1. The molecule has 0 saturated carbocycles. The molecule has 5 heteroatoms. The van der Waals surface area contributed by atoms with Crippen molar-refractivity contribution >= 4 is 21.4 Å². The third kappa shape index (κ3) is 2.24. The number of carboxylic acid groups (broad SMARTS) is 1. The number of aliphatic carboxylic acids is 1. The summed E-state index contributed by atoms with van der Waals surface area (Å²) in [4.78, 5) is 10.8. The molecule has 2 rings (SSSR count). The highest BCUT2D eigenvalue weighted by Gasteiger charge is 2.26. The van der Waals surface area contributed by atoms with E-state index in [1.54, 1.807) is 18.2 Å². The first-order chi connectivity index (χ1) is 7.90. The molecule has 0 spiro atoms. The van der Waals surface area contributed by atoms with Crippen LogP contribution in [0.1, 0.15) is 24.0 Å². The largest absolute Gasteiger partial charge is 0.481 e. The van der Waals surface area contributed by atoms with Gasteiger partial charge in [0, 0.05) is 11.8 Å². The Hall–Kier alpha value is -1.62. The molecule has 0 aromatic heterocycles. The van der Waals surface area contributed by atoms with Crippen LogP contribution in [0.2, 0.25) is 0 Å². The van der Waals surface area contributed by atoms with Crippen LogP contribution in [0.25, 0.3) is 5.57 Å². The minimum atomic E-state index is -3.37. The monoisotopic (exact) mass is 252 g/mol. The lowest BCUT2D eigenvalue weighted by atomic mass is 10.0. The van der Waals surface area contributed by atoms with Gasteiger partial charge in [0.2, 0.25) is 9.84 Å². The van der Waals surface area contributed by atoms with Crippen molar-refractivity contribution in [2.75, 3.05) is 0 Å². The van der Waals surface area contributed by atoms with Crippen LogP contribution in [-0.2, 0) is 14.6 Å². The molecule has 1 heterocycles. The van der Waals surface area contributed by atoms with Crippen molar-refractivity contribution < 1.29 is 18.3 Å². The fourth-order valence-corrected chi connectivity index (χ4v) is 3.39. The zero-order valence-electron chi connectivity index (χ0n) is 9.30. The second-order valence-corrected chi connectivity index (χ2v) is 5.85. The average Bonchev–Trinajstić information content (AvgIpc) is 2.47. The van der Waals surface area contributed by atoms with Crippen LogP contribution in [0.4, 0.5) is 0 Å². The molecule has 1 aromatic carbocycles. The zero-order valence-corrected chi connectivity index (χ0v) is 10.1. The van der Waals surface area contributed by atoms with Crippen LogP contribution >= 0.6 is 0 Å². The SMILES string of the molecule is Cc1ccc2c(c1)C(CCC(=O)O)=CS2(=O)=O. The predicted octanol–water partition coefficient (Wildman–Crippen LogP) is 1.99. The van der Waals surface area contributed by atoms with Crippen LogP contribution in [0.3, 0.4) is 0 Å². The van der Waals surface area contributed by atoms with Gasteiger partial charge in [0.25, 0.3) is 0 Å². The van der Waals surface area contributed by atoms with Crippen molar-refractivity contribution in [1.82, 2.24) is 0 Å². The van der Waals surface area contributed by atoms with E-state index in [9.17, 15) is 13.2 Å². The molecule has 1 aliphatic rings. The lowest BCUT2D eigenvalue weighted by molar-refractivity contribution is -0.136. The summed E-state index contributed by atoms with van der Waals surface area (Å²) in [5.74, 6) is -0.926. The van der Waals surface area contributed by atoms with Gasteiger partial charge >= 0.3 is 5.97 Å².